The van der Waals surface area contributed by atoms with Gasteiger partial charge in [-0.25, -0.2) is 9.86 Å². The van der Waals surface area contributed by atoms with Crippen LogP contribution in [0.4, 0.5) is 5.69 Å². The number of benzene rings is 1. The number of nitrogens with zero attached hydrogens (tertiary/aromatic N) is 3. The molecule has 1 aromatic heterocycles. The molecule has 30 heavy (non-hydrogen) atoms. The molecule has 1 atom stereocenters. The lowest BCUT2D eigenvalue weighted by Crippen LogP contribution is -2.32. The molecule has 1 aromatic carbocycles. The molecule has 2 heterocycles. The van der Waals surface area contributed by atoms with Crippen LogP contribution in [0.5, 0.6) is 11.5 Å². The number of nitrogens with one attached hydrogen (secondary N) is 1. The molecular weight excluding hydrogens is 406 g/mol. The summed E-state index contributed by atoms with van der Waals surface area (Å²) in [6.45, 7) is 1.91. The maximum absolute atomic E-state index is 11.1. The Labute approximate surface area is 177 Å². The number of ether oxygens (including phenoxy) is 2. The van der Waals surface area contributed by atoms with Crippen molar-refractivity contribution in [2.24, 2.45) is 11.1 Å². The van der Waals surface area contributed by atoms with E-state index in [1.807, 2.05) is 12.1 Å². The van der Waals surface area contributed by atoms with Crippen molar-refractivity contribution in [2.75, 3.05) is 38.8 Å². The third kappa shape index (κ3) is 5.11. The highest BCUT2D eigenvalue weighted by Gasteiger charge is 2.22. The standard InChI is InChI=1S/C20H27N5O4S/c1-28-18-10-16-17(11-19(18)29-2)23-13-15(12-21)20(16)25-8-3-4-14(6-9-25)5-7-24-30(22,26)27/h10-11,13-14,24H,3-9H2,1-2H3,(H2,22,26,27)/t14-/m1/s1. The topological polar surface area (TPSA) is 131 Å². The summed E-state index contributed by atoms with van der Waals surface area (Å²) in [5, 5.41) is 15.6. The van der Waals surface area contributed by atoms with Gasteiger partial charge < -0.3 is 14.4 Å². The second-order valence-corrected chi connectivity index (χ2v) is 8.75. The number of hydrogen-bond donors (Lipinski definition) is 2. The van der Waals surface area contributed by atoms with E-state index in [-0.39, 0.29) is 0 Å². The molecule has 10 heteroatoms. The van der Waals surface area contributed by atoms with Gasteiger partial charge in [-0.05, 0) is 37.7 Å². The van der Waals surface area contributed by atoms with Gasteiger partial charge in [0.1, 0.15) is 6.07 Å². The molecule has 3 rings (SSSR count). The van der Waals surface area contributed by atoms with Crippen molar-refractivity contribution in [3.05, 3.63) is 23.9 Å². The van der Waals surface area contributed by atoms with Crippen LogP contribution in [-0.2, 0) is 10.2 Å². The van der Waals surface area contributed by atoms with Gasteiger partial charge in [-0.1, -0.05) is 0 Å². The smallest absolute Gasteiger partial charge is 0.274 e. The molecule has 162 valence electrons. The van der Waals surface area contributed by atoms with Crippen LogP contribution in [0, 0.1) is 17.2 Å². The molecule has 0 radical (unpaired) electrons. The molecule has 1 aliphatic rings. The minimum absolute atomic E-state index is 0.335. The first-order valence-corrected chi connectivity index (χ1v) is 11.4. The van der Waals surface area contributed by atoms with Crippen LogP contribution in [0.1, 0.15) is 31.2 Å². The lowest BCUT2D eigenvalue weighted by molar-refractivity contribution is 0.356. The summed E-state index contributed by atoms with van der Waals surface area (Å²) in [4.78, 5) is 6.66. The number of hydrogen-bond acceptors (Lipinski definition) is 7. The number of fused-ring (bicyclic) bond motifs is 1. The number of nitriles is 1. The van der Waals surface area contributed by atoms with Crippen LogP contribution in [0.15, 0.2) is 18.3 Å². The number of methoxy groups -OCH3 is 2. The first kappa shape index (κ1) is 22.1. The van der Waals surface area contributed by atoms with E-state index in [1.54, 1.807) is 20.4 Å². The predicted octanol–water partition coefficient (Wildman–Crippen LogP) is 1.91. The molecular formula is C20H27N5O4S. The fourth-order valence-corrected chi connectivity index (χ4v) is 4.41. The van der Waals surface area contributed by atoms with E-state index in [4.69, 9.17) is 14.6 Å². The minimum atomic E-state index is -3.66. The number of nitrogens with two attached hydrogens (primary N) is 1. The zero-order chi connectivity index (χ0) is 21.7. The quantitative estimate of drug-likeness (QED) is 0.682. The number of pyridine rings is 1. The van der Waals surface area contributed by atoms with E-state index in [0.717, 1.165) is 55.4 Å². The summed E-state index contributed by atoms with van der Waals surface area (Å²) < 4.78 is 35.3. The second kappa shape index (κ2) is 9.47. The van der Waals surface area contributed by atoms with Gasteiger partial charge in [-0.2, -0.15) is 13.7 Å². The zero-order valence-electron chi connectivity index (χ0n) is 17.2. The fourth-order valence-electron chi connectivity index (χ4n) is 4.01. The van der Waals surface area contributed by atoms with E-state index in [9.17, 15) is 13.7 Å². The van der Waals surface area contributed by atoms with Crippen molar-refractivity contribution in [3.63, 3.8) is 0 Å². The first-order valence-electron chi connectivity index (χ1n) is 9.83. The van der Waals surface area contributed by atoms with Crippen molar-refractivity contribution in [1.29, 1.82) is 5.26 Å². The monoisotopic (exact) mass is 433 g/mol. The van der Waals surface area contributed by atoms with Gasteiger partial charge in [0.2, 0.25) is 0 Å². The molecule has 1 saturated heterocycles. The summed E-state index contributed by atoms with van der Waals surface area (Å²) in [5.74, 6) is 1.56. The molecule has 0 saturated carbocycles. The van der Waals surface area contributed by atoms with E-state index in [2.05, 4.69) is 20.7 Å². The molecule has 0 spiro atoms. The molecule has 1 fully saturated rings. The van der Waals surface area contributed by atoms with Crippen LogP contribution < -0.4 is 24.2 Å². The highest BCUT2D eigenvalue weighted by atomic mass is 32.2. The Kier molecular flexibility index (Phi) is 6.97. The van der Waals surface area contributed by atoms with Crippen LogP contribution in [-0.4, -0.2) is 47.3 Å². The van der Waals surface area contributed by atoms with Crippen molar-refractivity contribution >= 4 is 26.8 Å². The second-order valence-electron chi connectivity index (χ2n) is 7.37. The summed E-state index contributed by atoms with van der Waals surface area (Å²) in [6.07, 6.45) is 5.17. The molecule has 3 N–H and O–H groups in total. The number of aromatic nitrogens is 1. The van der Waals surface area contributed by atoms with Gasteiger partial charge in [0.15, 0.2) is 11.5 Å². The lowest BCUT2D eigenvalue weighted by atomic mass is 9.97. The van der Waals surface area contributed by atoms with Crippen LogP contribution in [0.25, 0.3) is 10.9 Å². The predicted molar refractivity (Wildman–Crippen MR) is 115 cm³/mol. The number of anilines is 1. The van der Waals surface area contributed by atoms with Crippen molar-refractivity contribution in [3.8, 4) is 17.6 Å². The van der Waals surface area contributed by atoms with Gasteiger partial charge in [0.25, 0.3) is 10.2 Å². The maximum atomic E-state index is 11.1. The Morgan fingerprint density at radius 1 is 1.27 bits per heavy atom. The Morgan fingerprint density at radius 2 is 2.00 bits per heavy atom. The summed E-state index contributed by atoms with van der Waals surface area (Å²) in [5.41, 5.74) is 2.11. The van der Waals surface area contributed by atoms with E-state index >= 15 is 0 Å². The molecule has 2 aromatic rings. The van der Waals surface area contributed by atoms with E-state index in [1.165, 1.54) is 0 Å². The van der Waals surface area contributed by atoms with Crippen LogP contribution >= 0.6 is 0 Å². The fraction of sp³-hybridized carbons (Fsp3) is 0.500. The SMILES string of the molecule is COc1cc2ncc(C#N)c(N3CCC[C@H](CCNS(N)(=O)=O)CC3)c2cc1OC. The van der Waals surface area contributed by atoms with Gasteiger partial charge in [-0.15, -0.1) is 0 Å². The highest BCUT2D eigenvalue weighted by molar-refractivity contribution is 7.87. The van der Waals surface area contributed by atoms with Gasteiger partial charge >= 0.3 is 0 Å². The van der Waals surface area contributed by atoms with Gasteiger partial charge in [0, 0.05) is 37.3 Å². The lowest BCUT2D eigenvalue weighted by Gasteiger charge is -2.26. The molecule has 0 unspecified atom stereocenters. The van der Waals surface area contributed by atoms with Crippen molar-refractivity contribution < 1.29 is 17.9 Å². The molecule has 9 nitrogen and oxygen atoms in total. The summed E-state index contributed by atoms with van der Waals surface area (Å²) in [7, 11) is -0.501. The normalized spacial score (nSPS) is 17.4. The molecule has 1 aliphatic heterocycles. The zero-order valence-corrected chi connectivity index (χ0v) is 18.0. The average molecular weight is 434 g/mol. The number of rotatable bonds is 7. The first-order chi connectivity index (χ1) is 14.4. The highest BCUT2D eigenvalue weighted by Crippen LogP contribution is 2.38. The van der Waals surface area contributed by atoms with Gasteiger partial charge in [0.05, 0.1) is 31.0 Å². The third-order valence-corrected chi connectivity index (χ3v) is 6.09. The van der Waals surface area contributed by atoms with Crippen molar-refractivity contribution in [1.82, 2.24) is 9.71 Å². The van der Waals surface area contributed by atoms with Crippen LogP contribution in [0.2, 0.25) is 0 Å². The molecule has 0 bridgehead atoms. The summed E-state index contributed by atoms with van der Waals surface area (Å²) >= 11 is 0. The van der Waals surface area contributed by atoms with E-state index in [0.29, 0.717) is 29.5 Å². The Bertz CT molecular complexity index is 1050. The van der Waals surface area contributed by atoms with E-state index < -0.39 is 10.2 Å². The Balaban J connectivity index is 1.87. The van der Waals surface area contributed by atoms with Gasteiger partial charge in [-0.3, -0.25) is 4.98 Å². The van der Waals surface area contributed by atoms with Crippen LogP contribution in [0.3, 0.4) is 0 Å². The third-order valence-electron chi connectivity index (χ3n) is 5.49. The largest absolute Gasteiger partial charge is 0.493 e. The minimum Gasteiger partial charge on any atom is -0.493 e. The molecule has 0 amide bonds. The van der Waals surface area contributed by atoms with Crippen molar-refractivity contribution in [2.45, 2.75) is 25.7 Å². The summed E-state index contributed by atoms with van der Waals surface area (Å²) in [6, 6.07) is 5.96. The maximum Gasteiger partial charge on any atom is 0.274 e. The molecule has 0 aliphatic carbocycles. The Hall–Kier alpha value is -2.61. The average Bonchev–Trinajstić information content (AvgIpc) is 2.96. The Morgan fingerprint density at radius 3 is 2.67 bits per heavy atom.